The zero-order valence-corrected chi connectivity index (χ0v) is 9.81. The molecule has 0 saturated heterocycles. The maximum atomic E-state index is 11.0. The average Bonchev–Trinajstić information content (AvgIpc) is 2.67. The van der Waals surface area contributed by atoms with Crippen molar-refractivity contribution in [2.45, 2.75) is 12.5 Å². The monoisotopic (exact) mass is 250 g/mol. The van der Waals surface area contributed by atoms with E-state index in [-0.39, 0.29) is 24.9 Å². The molecule has 1 unspecified atom stereocenters. The molecule has 1 amide bonds. The Labute approximate surface area is 98.9 Å². The summed E-state index contributed by atoms with van der Waals surface area (Å²) in [5, 5.41) is 15.9. The number of aliphatic hydroxyl groups excluding tert-OH is 1. The second-order valence-corrected chi connectivity index (χ2v) is 3.70. The molecule has 1 atom stereocenters. The van der Waals surface area contributed by atoms with Crippen molar-refractivity contribution in [3.63, 3.8) is 0 Å². The number of rotatable bonds is 5. The summed E-state index contributed by atoms with van der Waals surface area (Å²) in [6.07, 6.45) is -0.320. The zero-order valence-electron chi connectivity index (χ0n) is 8.18. The number of carbonyl (C=O) groups excluding carboxylic acids is 1. The van der Waals surface area contributed by atoms with Gasteiger partial charge in [0.1, 0.15) is 0 Å². The lowest BCUT2D eigenvalue weighted by molar-refractivity contribution is -0.121. The molecule has 1 aromatic rings. The smallest absolute Gasteiger partial charge is 0.221 e. The van der Waals surface area contributed by atoms with Crippen molar-refractivity contribution in [2.75, 3.05) is 13.1 Å². The minimum Gasteiger partial charge on any atom is -0.387 e. The van der Waals surface area contributed by atoms with Crippen molar-refractivity contribution < 1.29 is 9.90 Å². The van der Waals surface area contributed by atoms with Crippen LogP contribution in [0.25, 0.3) is 0 Å². The summed E-state index contributed by atoms with van der Waals surface area (Å²) in [7, 11) is 0. The Bertz CT molecular complexity index is 280. The second kappa shape index (κ2) is 7.64. The van der Waals surface area contributed by atoms with Gasteiger partial charge in [-0.3, -0.25) is 4.79 Å². The lowest BCUT2D eigenvalue weighted by Crippen LogP contribution is -2.29. The third-order valence-corrected chi connectivity index (χ3v) is 2.49. The van der Waals surface area contributed by atoms with E-state index in [0.717, 1.165) is 5.56 Å². The molecule has 4 nitrogen and oxygen atoms in total. The van der Waals surface area contributed by atoms with Gasteiger partial charge in [-0.25, -0.2) is 0 Å². The Kier molecular flexibility index (Phi) is 7.33. The standard InChI is InChI=1S/C9H14N2O2S.ClH/c10-3-1-9(13)11-5-8(12)7-2-4-14-6-7;/h2,4,6,8,12H,1,3,5,10H2,(H,11,13);1H. The number of carbonyl (C=O) groups is 1. The fourth-order valence-electron chi connectivity index (χ4n) is 1.01. The van der Waals surface area contributed by atoms with Crippen molar-refractivity contribution in [1.82, 2.24) is 5.32 Å². The minimum absolute atomic E-state index is 0. The molecule has 1 heterocycles. The van der Waals surface area contributed by atoms with Crippen molar-refractivity contribution in [3.05, 3.63) is 22.4 Å². The van der Waals surface area contributed by atoms with Crippen LogP contribution in [0.2, 0.25) is 0 Å². The summed E-state index contributed by atoms with van der Waals surface area (Å²) in [4.78, 5) is 11.0. The van der Waals surface area contributed by atoms with Gasteiger partial charge in [0.2, 0.25) is 5.91 Å². The molecule has 1 aromatic heterocycles. The van der Waals surface area contributed by atoms with Crippen LogP contribution >= 0.6 is 23.7 Å². The Morgan fingerprint density at radius 1 is 1.67 bits per heavy atom. The zero-order chi connectivity index (χ0) is 10.4. The lowest BCUT2D eigenvalue weighted by atomic mass is 10.2. The first kappa shape index (κ1) is 14.4. The van der Waals surface area contributed by atoms with Crippen LogP contribution in [0, 0.1) is 0 Å². The highest BCUT2D eigenvalue weighted by atomic mass is 35.5. The number of nitrogens with one attached hydrogen (secondary N) is 1. The summed E-state index contributed by atoms with van der Waals surface area (Å²) in [6, 6.07) is 1.84. The number of hydrogen-bond donors (Lipinski definition) is 3. The molecule has 0 saturated carbocycles. The first-order chi connectivity index (χ1) is 6.74. The molecular weight excluding hydrogens is 236 g/mol. The number of thiophene rings is 1. The Hall–Kier alpha value is -0.620. The van der Waals surface area contributed by atoms with Crippen molar-refractivity contribution >= 4 is 29.7 Å². The molecule has 15 heavy (non-hydrogen) atoms. The minimum atomic E-state index is -0.622. The van der Waals surface area contributed by atoms with Gasteiger partial charge in [-0.1, -0.05) is 0 Å². The van der Waals surface area contributed by atoms with Gasteiger partial charge >= 0.3 is 0 Å². The fourth-order valence-corrected chi connectivity index (χ4v) is 1.72. The van der Waals surface area contributed by atoms with E-state index in [2.05, 4.69) is 5.32 Å². The van der Waals surface area contributed by atoms with Crippen LogP contribution in [0.3, 0.4) is 0 Å². The number of aliphatic hydroxyl groups is 1. The number of amides is 1. The molecular formula is C9H15ClN2O2S. The predicted octanol–water partition coefficient (Wildman–Crippen LogP) is 0.668. The van der Waals surface area contributed by atoms with Gasteiger partial charge in [-0.15, -0.1) is 12.4 Å². The highest BCUT2D eigenvalue weighted by Gasteiger charge is 2.08. The molecule has 0 aliphatic rings. The van der Waals surface area contributed by atoms with E-state index < -0.39 is 6.10 Å². The number of halogens is 1. The molecule has 0 aliphatic carbocycles. The van der Waals surface area contributed by atoms with Gasteiger partial charge in [0, 0.05) is 19.5 Å². The maximum absolute atomic E-state index is 11.0. The third kappa shape index (κ3) is 5.13. The van der Waals surface area contributed by atoms with Gasteiger partial charge in [0.25, 0.3) is 0 Å². The molecule has 86 valence electrons. The molecule has 1 rings (SSSR count). The molecule has 0 fully saturated rings. The third-order valence-electron chi connectivity index (χ3n) is 1.79. The molecule has 0 bridgehead atoms. The van der Waals surface area contributed by atoms with Crippen molar-refractivity contribution in [2.24, 2.45) is 5.73 Å². The van der Waals surface area contributed by atoms with E-state index in [1.807, 2.05) is 16.8 Å². The summed E-state index contributed by atoms with van der Waals surface area (Å²) in [6.45, 7) is 0.579. The maximum Gasteiger partial charge on any atom is 0.221 e. The first-order valence-corrected chi connectivity index (χ1v) is 5.35. The van der Waals surface area contributed by atoms with Crippen molar-refractivity contribution in [3.8, 4) is 0 Å². The fraction of sp³-hybridized carbons (Fsp3) is 0.444. The van der Waals surface area contributed by atoms with E-state index in [1.165, 1.54) is 11.3 Å². The first-order valence-electron chi connectivity index (χ1n) is 4.41. The predicted molar refractivity (Wildman–Crippen MR) is 63.2 cm³/mol. The van der Waals surface area contributed by atoms with Crippen LogP contribution in [0.1, 0.15) is 18.1 Å². The highest BCUT2D eigenvalue weighted by Crippen LogP contribution is 2.14. The Morgan fingerprint density at radius 2 is 2.40 bits per heavy atom. The largest absolute Gasteiger partial charge is 0.387 e. The molecule has 0 spiro atoms. The van der Waals surface area contributed by atoms with Crippen LogP contribution < -0.4 is 11.1 Å². The van der Waals surface area contributed by atoms with Crippen LogP contribution in [0.15, 0.2) is 16.8 Å². The summed E-state index contributed by atoms with van der Waals surface area (Å²) in [5.74, 6) is -0.123. The summed E-state index contributed by atoms with van der Waals surface area (Å²) in [5.41, 5.74) is 6.04. The Morgan fingerprint density at radius 3 is 2.93 bits per heavy atom. The van der Waals surface area contributed by atoms with Gasteiger partial charge in [-0.2, -0.15) is 11.3 Å². The average molecular weight is 251 g/mol. The number of nitrogens with two attached hydrogens (primary N) is 1. The Balaban J connectivity index is 0.00000196. The lowest BCUT2D eigenvalue weighted by Gasteiger charge is -2.09. The topological polar surface area (TPSA) is 75.4 Å². The SMILES string of the molecule is Cl.NCCC(=O)NCC(O)c1ccsc1. The van der Waals surface area contributed by atoms with E-state index >= 15 is 0 Å². The quantitative estimate of drug-likeness (QED) is 0.719. The van der Waals surface area contributed by atoms with Gasteiger partial charge < -0.3 is 16.2 Å². The van der Waals surface area contributed by atoms with E-state index in [9.17, 15) is 9.90 Å². The molecule has 0 aliphatic heterocycles. The molecule has 0 radical (unpaired) electrons. The molecule has 4 N–H and O–H groups in total. The number of hydrogen-bond acceptors (Lipinski definition) is 4. The summed E-state index contributed by atoms with van der Waals surface area (Å²) < 4.78 is 0. The van der Waals surface area contributed by atoms with Crippen LogP contribution in [-0.2, 0) is 4.79 Å². The van der Waals surface area contributed by atoms with Crippen LogP contribution in [-0.4, -0.2) is 24.1 Å². The van der Waals surface area contributed by atoms with E-state index in [0.29, 0.717) is 13.0 Å². The van der Waals surface area contributed by atoms with Gasteiger partial charge in [0.05, 0.1) is 6.10 Å². The molecule has 0 aromatic carbocycles. The van der Waals surface area contributed by atoms with Gasteiger partial charge in [0.15, 0.2) is 0 Å². The van der Waals surface area contributed by atoms with Crippen LogP contribution in [0.5, 0.6) is 0 Å². The van der Waals surface area contributed by atoms with E-state index in [4.69, 9.17) is 5.73 Å². The van der Waals surface area contributed by atoms with Crippen molar-refractivity contribution in [1.29, 1.82) is 0 Å². The van der Waals surface area contributed by atoms with Crippen LogP contribution in [0.4, 0.5) is 0 Å². The molecule has 6 heteroatoms. The normalized spacial score (nSPS) is 11.6. The summed E-state index contributed by atoms with van der Waals surface area (Å²) >= 11 is 1.52. The van der Waals surface area contributed by atoms with E-state index in [1.54, 1.807) is 0 Å². The second-order valence-electron chi connectivity index (χ2n) is 2.92. The van der Waals surface area contributed by atoms with Gasteiger partial charge in [-0.05, 0) is 22.4 Å². The highest BCUT2D eigenvalue weighted by molar-refractivity contribution is 7.07.